The number of carbonyl (C=O) groups excluding carboxylic acids is 1. The van der Waals surface area contributed by atoms with Crippen LogP contribution in [0.4, 0.5) is 0 Å². The molecule has 0 aliphatic rings. The van der Waals surface area contributed by atoms with Crippen molar-refractivity contribution in [1.82, 2.24) is 5.32 Å². The summed E-state index contributed by atoms with van der Waals surface area (Å²) in [5, 5.41) is 12.6. The van der Waals surface area contributed by atoms with Crippen LogP contribution in [0.2, 0.25) is 0 Å². The van der Waals surface area contributed by atoms with Gasteiger partial charge in [0.25, 0.3) is 5.91 Å². The summed E-state index contributed by atoms with van der Waals surface area (Å²) in [6, 6.07) is 8.49. The van der Waals surface area contributed by atoms with Gasteiger partial charge >= 0.3 is 0 Å². The molecule has 0 fully saturated rings. The Morgan fingerprint density at radius 1 is 1.27 bits per heavy atom. The number of aliphatic hydroxyl groups excluding tert-OH is 1. The van der Waals surface area contributed by atoms with Crippen LogP contribution >= 0.6 is 0 Å². The van der Waals surface area contributed by atoms with Crippen molar-refractivity contribution in [3.05, 3.63) is 47.9 Å². The Balaban J connectivity index is 1.95. The third kappa shape index (κ3) is 3.59. The average Bonchev–Trinajstić information content (AvgIpc) is 3.08. The molecular weight excluding hydrogens is 286 g/mol. The molecule has 1 heterocycles. The number of nitrogens with one attached hydrogen (secondary N) is 1. The predicted octanol–water partition coefficient (Wildman–Crippen LogP) is 2.15. The topological polar surface area (TPSA) is 80.9 Å². The molecular formula is C16H19NO5. The Kier molecular flexibility index (Phi) is 5.43. The molecule has 0 radical (unpaired) electrons. The number of hydrogen-bond donors (Lipinski definition) is 2. The number of benzene rings is 1. The lowest BCUT2D eigenvalue weighted by Gasteiger charge is -2.13. The molecule has 6 heteroatoms. The number of methoxy groups -OCH3 is 2. The first kappa shape index (κ1) is 15.9. The molecule has 1 aromatic carbocycles. The first-order chi connectivity index (χ1) is 10.7. The van der Waals surface area contributed by atoms with Gasteiger partial charge in [0.1, 0.15) is 11.9 Å². The third-order valence-corrected chi connectivity index (χ3v) is 3.22. The monoisotopic (exact) mass is 305 g/mol. The number of para-hydroxylation sites is 1. The summed E-state index contributed by atoms with van der Waals surface area (Å²) in [5.41, 5.74) is 0.384. The number of carbonyl (C=O) groups is 1. The van der Waals surface area contributed by atoms with Crippen LogP contribution < -0.4 is 14.8 Å². The van der Waals surface area contributed by atoms with Crippen LogP contribution in [-0.2, 0) is 0 Å². The lowest BCUT2D eigenvalue weighted by Crippen LogP contribution is -2.26. The first-order valence-electron chi connectivity index (χ1n) is 6.88. The second-order valence-electron chi connectivity index (χ2n) is 4.62. The largest absolute Gasteiger partial charge is 0.493 e. The fraction of sp³-hybridized carbons (Fsp3) is 0.312. The standard InChI is InChI=1S/C16H19NO5/c1-20-14-6-3-5-11(15(14)21-2)16(19)17-9-8-12(18)13-7-4-10-22-13/h3-7,10,12,18H,8-9H2,1-2H3,(H,17,19). The van der Waals surface area contributed by atoms with Crippen molar-refractivity contribution < 1.29 is 23.8 Å². The molecule has 22 heavy (non-hydrogen) atoms. The van der Waals surface area contributed by atoms with Gasteiger partial charge in [0.05, 0.1) is 26.0 Å². The van der Waals surface area contributed by atoms with Gasteiger partial charge in [-0.05, 0) is 30.7 Å². The molecule has 0 spiro atoms. The highest BCUT2D eigenvalue weighted by atomic mass is 16.5. The Morgan fingerprint density at radius 3 is 2.73 bits per heavy atom. The minimum Gasteiger partial charge on any atom is -0.493 e. The van der Waals surface area contributed by atoms with Crippen LogP contribution in [-0.4, -0.2) is 31.8 Å². The zero-order valence-electron chi connectivity index (χ0n) is 12.5. The molecule has 0 saturated heterocycles. The smallest absolute Gasteiger partial charge is 0.255 e. The maximum absolute atomic E-state index is 12.2. The fourth-order valence-electron chi connectivity index (χ4n) is 2.11. The second-order valence-corrected chi connectivity index (χ2v) is 4.62. The van der Waals surface area contributed by atoms with E-state index in [1.54, 1.807) is 30.3 Å². The number of furan rings is 1. The van der Waals surface area contributed by atoms with E-state index >= 15 is 0 Å². The van der Waals surface area contributed by atoms with Gasteiger partial charge in [-0.1, -0.05) is 6.07 Å². The van der Waals surface area contributed by atoms with Crippen LogP contribution in [0, 0.1) is 0 Å². The van der Waals surface area contributed by atoms with Crippen LogP contribution in [0.15, 0.2) is 41.0 Å². The van der Waals surface area contributed by atoms with E-state index in [-0.39, 0.29) is 5.91 Å². The van der Waals surface area contributed by atoms with Crippen LogP contribution in [0.5, 0.6) is 11.5 Å². The number of aliphatic hydroxyl groups is 1. The lowest BCUT2D eigenvalue weighted by atomic mass is 10.1. The van der Waals surface area contributed by atoms with E-state index in [0.29, 0.717) is 35.8 Å². The van der Waals surface area contributed by atoms with Gasteiger partial charge < -0.3 is 24.3 Å². The number of rotatable bonds is 7. The molecule has 0 saturated carbocycles. The van der Waals surface area contributed by atoms with Crippen LogP contribution in [0.3, 0.4) is 0 Å². The van der Waals surface area contributed by atoms with Crippen molar-refractivity contribution in [2.75, 3.05) is 20.8 Å². The zero-order valence-corrected chi connectivity index (χ0v) is 12.5. The average molecular weight is 305 g/mol. The van der Waals surface area contributed by atoms with E-state index in [1.165, 1.54) is 20.5 Å². The molecule has 118 valence electrons. The summed E-state index contributed by atoms with van der Waals surface area (Å²) in [5.74, 6) is 1.07. The molecule has 1 unspecified atom stereocenters. The number of hydrogen-bond acceptors (Lipinski definition) is 5. The maximum Gasteiger partial charge on any atom is 0.255 e. The van der Waals surface area contributed by atoms with Crippen LogP contribution in [0.25, 0.3) is 0 Å². The minimum atomic E-state index is -0.748. The minimum absolute atomic E-state index is 0.289. The molecule has 2 rings (SSSR count). The normalized spacial score (nSPS) is 11.8. The SMILES string of the molecule is COc1cccc(C(=O)NCCC(O)c2ccco2)c1OC. The van der Waals surface area contributed by atoms with Crippen molar-refractivity contribution >= 4 is 5.91 Å². The Bertz CT molecular complexity index is 609. The van der Waals surface area contributed by atoms with E-state index in [1.807, 2.05) is 0 Å². The van der Waals surface area contributed by atoms with Gasteiger partial charge in [0.15, 0.2) is 11.5 Å². The predicted molar refractivity (Wildman–Crippen MR) is 80.2 cm³/mol. The zero-order chi connectivity index (χ0) is 15.9. The summed E-state index contributed by atoms with van der Waals surface area (Å²) >= 11 is 0. The van der Waals surface area contributed by atoms with Gasteiger partial charge in [0, 0.05) is 6.54 Å². The van der Waals surface area contributed by atoms with Gasteiger partial charge in [-0.2, -0.15) is 0 Å². The lowest BCUT2D eigenvalue weighted by molar-refractivity contribution is 0.0932. The molecule has 0 aliphatic heterocycles. The number of amides is 1. The fourth-order valence-corrected chi connectivity index (χ4v) is 2.11. The van der Waals surface area contributed by atoms with Crippen molar-refractivity contribution in [2.45, 2.75) is 12.5 Å². The van der Waals surface area contributed by atoms with Gasteiger partial charge in [0.2, 0.25) is 0 Å². The second kappa shape index (κ2) is 7.51. The molecule has 1 aromatic heterocycles. The van der Waals surface area contributed by atoms with E-state index in [4.69, 9.17) is 13.9 Å². The van der Waals surface area contributed by atoms with E-state index in [2.05, 4.69) is 5.32 Å². The van der Waals surface area contributed by atoms with Crippen LogP contribution in [0.1, 0.15) is 28.6 Å². The quantitative estimate of drug-likeness (QED) is 0.819. The Morgan fingerprint density at radius 2 is 2.09 bits per heavy atom. The van der Waals surface area contributed by atoms with E-state index < -0.39 is 6.10 Å². The Labute approximate surface area is 128 Å². The third-order valence-electron chi connectivity index (χ3n) is 3.22. The number of ether oxygens (including phenoxy) is 2. The molecule has 2 N–H and O–H groups in total. The molecule has 0 bridgehead atoms. The van der Waals surface area contributed by atoms with E-state index in [9.17, 15) is 9.90 Å². The molecule has 0 aliphatic carbocycles. The van der Waals surface area contributed by atoms with Gasteiger partial charge in [-0.15, -0.1) is 0 Å². The van der Waals surface area contributed by atoms with Crippen molar-refractivity contribution in [3.8, 4) is 11.5 Å². The van der Waals surface area contributed by atoms with E-state index in [0.717, 1.165) is 0 Å². The summed E-state index contributed by atoms with van der Waals surface area (Å²) in [7, 11) is 2.99. The highest BCUT2D eigenvalue weighted by Gasteiger charge is 2.17. The maximum atomic E-state index is 12.2. The molecule has 6 nitrogen and oxygen atoms in total. The Hall–Kier alpha value is -2.47. The molecule has 1 atom stereocenters. The summed E-state index contributed by atoms with van der Waals surface area (Å²) in [6.45, 7) is 0.307. The summed E-state index contributed by atoms with van der Waals surface area (Å²) in [4.78, 5) is 12.2. The first-order valence-corrected chi connectivity index (χ1v) is 6.88. The van der Waals surface area contributed by atoms with Crippen molar-refractivity contribution in [3.63, 3.8) is 0 Å². The van der Waals surface area contributed by atoms with Gasteiger partial charge in [-0.25, -0.2) is 0 Å². The summed E-state index contributed by atoms with van der Waals surface area (Å²) < 4.78 is 15.5. The van der Waals surface area contributed by atoms with Crippen molar-refractivity contribution in [1.29, 1.82) is 0 Å². The summed E-state index contributed by atoms with van der Waals surface area (Å²) in [6.07, 6.45) is 1.10. The molecule has 1 amide bonds. The van der Waals surface area contributed by atoms with Crippen molar-refractivity contribution in [2.24, 2.45) is 0 Å². The molecule has 2 aromatic rings. The highest BCUT2D eigenvalue weighted by Crippen LogP contribution is 2.30. The highest BCUT2D eigenvalue weighted by molar-refractivity contribution is 5.97. The van der Waals surface area contributed by atoms with Gasteiger partial charge in [-0.3, -0.25) is 4.79 Å².